The summed E-state index contributed by atoms with van der Waals surface area (Å²) >= 11 is 0. The molecule has 24 rings (SSSR count). The zero-order valence-electron chi connectivity index (χ0n) is 68.7. The Hall–Kier alpha value is -16.8. The van der Waals surface area contributed by atoms with Gasteiger partial charge in [-0.25, -0.2) is 29.9 Å². The van der Waals surface area contributed by atoms with Crippen molar-refractivity contribution in [3.05, 3.63) is 473 Å². The Balaban J connectivity index is 0.000000113. The number of rotatable bonds is 12. The Bertz CT molecular complexity index is 8100. The summed E-state index contributed by atoms with van der Waals surface area (Å²) in [5, 5.41) is 18.2. The molecule has 0 bridgehead atoms. The van der Waals surface area contributed by atoms with Gasteiger partial charge in [0.1, 0.15) is 0 Å². The Labute approximate surface area is 730 Å². The third-order valence-electron chi connectivity index (χ3n) is 24.2. The van der Waals surface area contributed by atoms with Gasteiger partial charge in [-0.05, 0) is 204 Å². The predicted octanol–water partition coefficient (Wildman–Crippen LogP) is 31.8. The number of nitrogens with zero attached hydrogens (tertiary/aromatic N) is 6. The predicted molar refractivity (Wildman–Crippen MR) is 529 cm³/mol. The first-order valence-electron chi connectivity index (χ1n) is 42.8. The number of aromatic nitrogens is 6. The number of fused-ring (bicyclic) bond motifs is 12. The van der Waals surface area contributed by atoms with Gasteiger partial charge < -0.3 is 0 Å². The fraction of sp³-hybridized carbons (Fsp3) is 0. The van der Waals surface area contributed by atoms with Gasteiger partial charge in [0.15, 0.2) is 17.5 Å². The maximum absolute atomic E-state index is 5.15. The van der Waals surface area contributed by atoms with Gasteiger partial charge in [0.05, 0.1) is 33.6 Å². The zero-order valence-corrected chi connectivity index (χ0v) is 68.7. The van der Waals surface area contributed by atoms with Gasteiger partial charge in [-0.1, -0.05) is 400 Å². The zero-order chi connectivity index (χ0) is 83.6. The fourth-order valence-corrected chi connectivity index (χ4v) is 17.9. The largest absolute Gasteiger partial charge is 0.228 e. The highest BCUT2D eigenvalue weighted by atomic mass is 14.9. The van der Waals surface area contributed by atoms with Crippen LogP contribution in [-0.2, 0) is 0 Å². The molecule has 126 heavy (non-hydrogen) atoms. The summed E-state index contributed by atoms with van der Waals surface area (Å²) in [6.45, 7) is 0. The molecule has 6 nitrogen and oxygen atoms in total. The van der Waals surface area contributed by atoms with Crippen molar-refractivity contribution in [1.29, 1.82) is 0 Å². The molecule has 0 aliphatic heterocycles. The second kappa shape index (κ2) is 33.3. The van der Waals surface area contributed by atoms with Gasteiger partial charge in [0, 0.05) is 49.5 Å². The topological polar surface area (TPSA) is 77.3 Å². The van der Waals surface area contributed by atoms with E-state index in [1.54, 1.807) is 0 Å². The van der Waals surface area contributed by atoms with Crippen LogP contribution in [0, 0.1) is 0 Å². The Morgan fingerprint density at radius 1 is 0.111 bits per heavy atom. The van der Waals surface area contributed by atoms with Crippen molar-refractivity contribution in [3.8, 4) is 135 Å². The lowest BCUT2D eigenvalue weighted by Crippen LogP contribution is -1.95. The molecule has 0 N–H and O–H groups in total. The summed E-state index contributed by atoms with van der Waals surface area (Å²) in [4.78, 5) is 30.3. The van der Waals surface area contributed by atoms with E-state index in [2.05, 4.69) is 400 Å². The van der Waals surface area contributed by atoms with Crippen LogP contribution >= 0.6 is 0 Å². The van der Waals surface area contributed by atoms with Crippen LogP contribution in [0.4, 0.5) is 0 Å². The van der Waals surface area contributed by atoms with E-state index >= 15 is 0 Å². The van der Waals surface area contributed by atoms with Crippen molar-refractivity contribution in [2.45, 2.75) is 0 Å². The van der Waals surface area contributed by atoms with Crippen molar-refractivity contribution in [1.82, 2.24) is 29.9 Å². The molecule has 0 aliphatic carbocycles. The first-order valence-corrected chi connectivity index (χ1v) is 42.8. The highest BCUT2D eigenvalue weighted by molar-refractivity contribution is 6.26. The average Bonchev–Trinajstić information content (AvgIpc) is 0.744. The molecule has 0 aliphatic rings. The second-order valence-electron chi connectivity index (χ2n) is 31.9. The molecule has 21 aromatic carbocycles. The normalized spacial score (nSPS) is 11.3. The molecule has 6 heteroatoms. The smallest absolute Gasteiger partial charge is 0.160 e. The van der Waals surface area contributed by atoms with Crippen LogP contribution < -0.4 is 0 Å². The van der Waals surface area contributed by atoms with Crippen molar-refractivity contribution in [3.63, 3.8) is 0 Å². The van der Waals surface area contributed by atoms with Crippen LogP contribution in [0.15, 0.2) is 473 Å². The first-order chi connectivity index (χ1) is 62.4. The van der Waals surface area contributed by atoms with Crippen LogP contribution in [0.25, 0.3) is 232 Å². The summed E-state index contributed by atoms with van der Waals surface area (Å²) in [5.74, 6) is 2.21. The van der Waals surface area contributed by atoms with E-state index in [-0.39, 0.29) is 0 Å². The highest BCUT2D eigenvalue weighted by Crippen LogP contribution is 2.44. The number of hydrogen-bond donors (Lipinski definition) is 0. The lowest BCUT2D eigenvalue weighted by atomic mass is 9.91. The lowest BCUT2D eigenvalue weighted by Gasteiger charge is -2.14. The number of benzene rings is 21. The maximum atomic E-state index is 5.15. The van der Waals surface area contributed by atoms with E-state index in [0.717, 1.165) is 123 Å². The molecule has 0 saturated heterocycles. The molecule has 0 amide bonds. The van der Waals surface area contributed by atoms with E-state index in [4.69, 9.17) is 29.9 Å². The van der Waals surface area contributed by atoms with E-state index in [9.17, 15) is 0 Å². The van der Waals surface area contributed by atoms with Gasteiger partial charge in [-0.2, -0.15) is 0 Å². The second-order valence-corrected chi connectivity index (χ2v) is 31.9. The van der Waals surface area contributed by atoms with Gasteiger partial charge >= 0.3 is 0 Å². The summed E-state index contributed by atoms with van der Waals surface area (Å²) in [6.07, 6.45) is 0. The molecule has 0 atom stereocenters. The highest BCUT2D eigenvalue weighted by Gasteiger charge is 2.21. The minimum Gasteiger partial charge on any atom is -0.228 e. The average molecular weight is 1600 g/mol. The van der Waals surface area contributed by atoms with Crippen molar-refractivity contribution in [2.24, 2.45) is 0 Å². The van der Waals surface area contributed by atoms with Gasteiger partial charge in [0.25, 0.3) is 0 Å². The molecule has 0 fully saturated rings. The van der Waals surface area contributed by atoms with E-state index in [1.807, 2.05) is 72.8 Å². The van der Waals surface area contributed by atoms with Crippen LogP contribution in [0.1, 0.15) is 0 Å². The Kier molecular flexibility index (Phi) is 19.9. The Morgan fingerprint density at radius 3 is 0.730 bits per heavy atom. The summed E-state index contributed by atoms with van der Waals surface area (Å²) in [7, 11) is 0. The molecule has 0 spiro atoms. The molecule has 24 aromatic rings. The van der Waals surface area contributed by atoms with E-state index in [0.29, 0.717) is 0 Å². The molecular formula is C120H78N6. The summed E-state index contributed by atoms with van der Waals surface area (Å²) in [5.41, 5.74) is 26.1. The van der Waals surface area contributed by atoms with Crippen molar-refractivity contribution >= 4 is 97.3 Å². The fourth-order valence-electron chi connectivity index (χ4n) is 17.9. The monoisotopic (exact) mass is 1600 g/mol. The van der Waals surface area contributed by atoms with Crippen molar-refractivity contribution in [2.75, 3.05) is 0 Å². The molecule has 588 valence electrons. The van der Waals surface area contributed by atoms with Gasteiger partial charge in [-0.15, -0.1) is 0 Å². The van der Waals surface area contributed by atoms with Crippen LogP contribution in [0.3, 0.4) is 0 Å². The quantitative estimate of drug-likeness (QED) is 0.113. The lowest BCUT2D eigenvalue weighted by molar-refractivity contribution is 1.23. The molecule has 3 aromatic heterocycles. The number of hydrogen-bond acceptors (Lipinski definition) is 6. The van der Waals surface area contributed by atoms with E-state index in [1.165, 1.54) is 109 Å². The SMILES string of the molecule is c1ccc(-c2nc(-c3ccccc3)c3cc(-c4cc(-c5ccc6ccccc6c5)cc(-c5ccc6ccccc6c5)c4)ccc3n2)cc1.c1ccc(-c2nc(-c3ccccc3)c3cc(-c4ccc(-c5ccccc5)c5ccccc45)ccc3n2)cc1.c1ccc(-c2nc(-c3ccccc3)c3cc(-c4ccc5c6ccccc6c6ccccc6c5c4)ccc3n2)cc1. The minimum absolute atomic E-state index is 0.728. The maximum Gasteiger partial charge on any atom is 0.160 e. The molecule has 3 heterocycles. The molecular weight excluding hydrogens is 1530 g/mol. The van der Waals surface area contributed by atoms with Crippen LogP contribution in [0.5, 0.6) is 0 Å². The molecule has 0 radical (unpaired) electrons. The minimum atomic E-state index is 0.728. The van der Waals surface area contributed by atoms with Gasteiger partial charge in [0.2, 0.25) is 0 Å². The summed E-state index contributed by atoms with van der Waals surface area (Å²) in [6, 6.07) is 167. The molecule has 0 unspecified atom stereocenters. The third-order valence-corrected chi connectivity index (χ3v) is 24.2. The summed E-state index contributed by atoms with van der Waals surface area (Å²) < 4.78 is 0. The first kappa shape index (κ1) is 75.4. The van der Waals surface area contributed by atoms with Crippen LogP contribution in [-0.4, -0.2) is 29.9 Å². The van der Waals surface area contributed by atoms with Gasteiger partial charge in [-0.3, -0.25) is 0 Å². The Morgan fingerprint density at radius 2 is 0.357 bits per heavy atom. The standard InChI is InChI=1S/C46H30N2.C38H24N2.C36H24N2/c1-3-13-33(14-4-1)45-43-30-39(23-24-44(43)47-46(48-45)34-15-5-2-6-16-34)42-28-40(37-21-19-31-11-7-9-17-35(31)25-37)27-41(29-42)38-22-20-32-12-8-10-18-36(32)26-38;1-3-11-25(12-4-1)37-35-24-28(20-22-36(35)39-38(40-37)26-13-5-2-6-14-26)27-19-21-33-31-17-8-7-15-29(31)30-16-9-10-18-32(30)34(33)23-27;1-4-12-25(13-5-1)29-21-22-30(32-19-11-10-18-31(29)32)28-20-23-34-33(24-28)35(26-14-6-2-7-15-26)38-36(37-34)27-16-8-3-9-17-27/h1-30H;1-24H;1-24H. The van der Waals surface area contributed by atoms with Crippen molar-refractivity contribution < 1.29 is 0 Å². The molecule has 0 saturated carbocycles. The van der Waals surface area contributed by atoms with Crippen LogP contribution in [0.2, 0.25) is 0 Å². The third kappa shape index (κ3) is 14.9. The van der Waals surface area contributed by atoms with E-state index < -0.39 is 0 Å².